The molecule has 4 heteroatoms. The number of nitrogens with zero attached hydrogens (tertiary/aromatic N) is 1. The van der Waals surface area contributed by atoms with E-state index in [4.69, 9.17) is 5.73 Å². The van der Waals surface area contributed by atoms with Crippen molar-refractivity contribution < 1.29 is 5.11 Å². The molecular formula is C13H18N2OS. The largest absolute Gasteiger partial charge is 0.392 e. The Morgan fingerprint density at radius 1 is 1.59 bits per heavy atom. The summed E-state index contributed by atoms with van der Waals surface area (Å²) >= 11 is 1.73. The van der Waals surface area contributed by atoms with Crippen molar-refractivity contribution in [3.8, 4) is 11.8 Å². The fourth-order valence-electron chi connectivity index (χ4n) is 2.10. The van der Waals surface area contributed by atoms with Gasteiger partial charge in [0.1, 0.15) is 0 Å². The minimum atomic E-state index is -0.165. The molecule has 0 bridgehead atoms. The Kier molecular flexibility index (Phi) is 4.57. The summed E-state index contributed by atoms with van der Waals surface area (Å²) in [6, 6.07) is 2.04. The number of piperidine rings is 1. The summed E-state index contributed by atoms with van der Waals surface area (Å²) in [4.78, 5) is 3.58. The van der Waals surface area contributed by atoms with Gasteiger partial charge in [-0.3, -0.25) is 4.90 Å². The van der Waals surface area contributed by atoms with Gasteiger partial charge in [0.15, 0.2) is 0 Å². The highest BCUT2D eigenvalue weighted by molar-refractivity contribution is 7.10. The van der Waals surface area contributed by atoms with Gasteiger partial charge < -0.3 is 10.8 Å². The van der Waals surface area contributed by atoms with Crippen LogP contribution in [0.2, 0.25) is 0 Å². The quantitative estimate of drug-likeness (QED) is 0.770. The van der Waals surface area contributed by atoms with Gasteiger partial charge in [-0.05, 0) is 30.8 Å². The Hall–Kier alpha value is -0.860. The second kappa shape index (κ2) is 6.18. The Balaban J connectivity index is 2.00. The lowest BCUT2D eigenvalue weighted by molar-refractivity contribution is 0.0673. The van der Waals surface area contributed by atoms with Gasteiger partial charge in [0.2, 0.25) is 0 Å². The van der Waals surface area contributed by atoms with Gasteiger partial charge >= 0.3 is 0 Å². The summed E-state index contributed by atoms with van der Waals surface area (Å²) in [5, 5.41) is 11.7. The molecule has 1 aliphatic heterocycles. The van der Waals surface area contributed by atoms with E-state index in [9.17, 15) is 5.11 Å². The fourth-order valence-corrected chi connectivity index (χ4v) is 2.97. The summed E-state index contributed by atoms with van der Waals surface area (Å²) in [6.45, 7) is 3.14. The number of likely N-dealkylation sites (tertiary alicyclic amines) is 1. The third kappa shape index (κ3) is 3.55. The summed E-state index contributed by atoms with van der Waals surface area (Å²) in [7, 11) is 0. The van der Waals surface area contributed by atoms with Crippen molar-refractivity contribution in [3.05, 3.63) is 21.9 Å². The van der Waals surface area contributed by atoms with E-state index in [2.05, 4.69) is 22.1 Å². The topological polar surface area (TPSA) is 49.5 Å². The minimum absolute atomic E-state index is 0.165. The average molecular weight is 250 g/mol. The number of rotatable bonds is 2. The van der Waals surface area contributed by atoms with E-state index in [0.717, 1.165) is 38.0 Å². The molecule has 1 saturated heterocycles. The first kappa shape index (κ1) is 12.6. The molecule has 1 fully saturated rings. The zero-order valence-corrected chi connectivity index (χ0v) is 10.7. The van der Waals surface area contributed by atoms with E-state index in [1.54, 1.807) is 11.3 Å². The van der Waals surface area contributed by atoms with Crippen LogP contribution in [0.15, 0.2) is 11.4 Å². The van der Waals surface area contributed by atoms with E-state index < -0.39 is 0 Å². The molecule has 0 amide bonds. The maximum absolute atomic E-state index is 9.64. The molecule has 17 heavy (non-hydrogen) atoms. The molecule has 0 aromatic carbocycles. The number of thiophene rings is 1. The van der Waals surface area contributed by atoms with E-state index in [0.29, 0.717) is 6.54 Å². The maximum Gasteiger partial charge on any atom is 0.0667 e. The minimum Gasteiger partial charge on any atom is -0.392 e. The van der Waals surface area contributed by atoms with Crippen molar-refractivity contribution in [2.45, 2.75) is 25.5 Å². The number of aliphatic hydroxyl groups is 1. The highest BCUT2D eigenvalue weighted by Gasteiger charge is 2.18. The second-order valence-corrected chi connectivity index (χ2v) is 5.30. The van der Waals surface area contributed by atoms with Crippen LogP contribution in [0, 0.1) is 11.8 Å². The Bertz CT molecular complexity index is 419. The van der Waals surface area contributed by atoms with Crippen molar-refractivity contribution in [2.24, 2.45) is 5.73 Å². The lowest BCUT2D eigenvalue weighted by Gasteiger charge is -2.29. The second-order valence-electron chi connectivity index (χ2n) is 4.29. The predicted molar refractivity (Wildman–Crippen MR) is 70.8 cm³/mol. The molecule has 92 valence electrons. The van der Waals surface area contributed by atoms with Crippen molar-refractivity contribution in [1.29, 1.82) is 0 Å². The van der Waals surface area contributed by atoms with Crippen LogP contribution in [0.5, 0.6) is 0 Å². The number of aliphatic hydroxyl groups excluding tert-OH is 1. The first-order chi connectivity index (χ1) is 8.29. The van der Waals surface area contributed by atoms with Crippen molar-refractivity contribution in [3.63, 3.8) is 0 Å². The highest BCUT2D eigenvalue weighted by Crippen LogP contribution is 2.20. The Morgan fingerprint density at radius 3 is 3.24 bits per heavy atom. The van der Waals surface area contributed by atoms with Crippen LogP contribution < -0.4 is 5.73 Å². The molecule has 1 unspecified atom stereocenters. The van der Waals surface area contributed by atoms with Gasteiger partial charge in [-0.1, -0.05) is 11.8 Å². The van der Waals surface area contributed by atoms with Gasteiger partial charge in [-0.15, -0.1) is 11.3 Å². The molecule has 0 aliphatic carbocycles. The van der Waals surface area contributed by atoms with Crippen LogP contribution in [-0.2, 0) is 6.54 Å². The zero-order valence-electron chi connectivity index (χ0n) is 9.85. The SMILES string of the molecule is NCC#Cc1ccsc1CN1CCCC(O)C1. The molecule has 0 saturated carbocycles. The number of nitrogens with two attached hydrogens (primary N) is 1. The van der Waals surface area contributed by atoms with Crippen LogP contribution in [-0.4, -0.2) is 35.7 Å². The molecule has 1 aromatic rings. The number of β-amino-alcohol motifs (C(OH)–C–C–N with tert-alkyl or cyclic N) is 1. The van der Waals surface area contributed by atoms with Crippen LogP contribution >= 0.6 is 11.3 Å². The van der Waals surface area contributed by atoms with Gasteiger partial charge in [-0.2, -0.15) is 0 Å². The van der Waals surface area contributed by atoms with E-state index >= 15 is 0 Å². The number of hydrogen-bond acceptors (Lipinski definition) is 4. The summed E-state index contributed by atoms with van der Waals surface area (Å²) in [5.74, 6) is 5.99. The zero-order chi connectivity index (χ0) is 12.1. The smallest absolute Gasteiger partial charge is 0.0667 e. The normalized spacial score (nSPS) is 20.9. The van der Waals surface area contributed by atoms with E-state index in [1.165, 1.54) is 4.88 Å². The summed E-state index contributed by atoms with van der Waals surface area (Å²) in [6.07, 6.45) is 1.85. The molecule has 0 spiro atoms. The third-order valence-electron chi connectivity index (χ3n) is 2.92. The van der Waals surface area contributed by atoms with Crippen LogP contribution in [0.25, 0.3) is 0 Å². The molecule has 3 nitrogen and oxygen atoms in total. The first-order valence-corrected chi connectivity index (χ1v) is 6.83. The predicted octanol–water partition coefficient (Wildman–Crippen LogP) is 1.01. The van der Waals surface area contributed by atoms with Gasteiger partial charge in [0.25, 0.3) is 0 Å². The summed E-state index contributed by atoms with van der Waals surface area (Å²) < 4.78 is 0. The van der Waals surface area contributed by atoms with E-state index in [1.807, 2.05) is 6.07 Å². The van der Waals surface area contributed by atoms with Crippen LogP contribution in [0.1, 0.15) is 23.3 Å². The van der Waals surface area contributed by atoms with Crippen molar-refractivity contribution in [1.82, 2.24) is 4.90 Å². The monoisotopic (exact) mass is 250 g/mol. The maximum atomic E-state index is 9.64. The molecule has 1 aliphatic rings. The molecule has 0 radical (unpaired) electrons. The molecule has 2 rings (SSSR count). The van der Waals surface area contributed by atoms with Crippen molar-refractivity contribution in [2.75, 3.05) is 19.6 Å². The molecular weight excluding hydrogens is 232 g/mol. The van der Waals surface area contributed by atoms with Gasteiger partial charge in [0.05, 0.1) is 12.6 Å². The molecule has 2 heterocycles. The first-order valence-electron chi connectivity index (χ1n) is 5.95. The average Bonchev–Trinajstić information content (AvgIpc) is 2.74. The van der Waals surface area contributed by atoms with Crippen LogP contribution in [0.4, 0.5) is 0 Å². The standard InChI is InChI=1S/C13H18N2OS/c14-6-1-3-11-5-8-17-13(11)10-15-7-2-4-12(16)9-15/h5,8,12,16H,2,4,6-7,9-10,14H2. The van der Waals surface area contributed by atoms with Gasteiger partial charge in [-0.25, -0.2) is 0 Å². The highest BCUT2D eigenvalue weighted by atomic mass is 32.1. The molecule has 1 aromatic heterocycles. The lowest BCUT2D eigenvalue weighted by Crippen LogP contribution is -2.37. The van der Waals surface area contributed by atoms with E-state index in [-0.39, 0.29) is 6.10 Å². The third-order valence-corrected chi connectivity index (χ3v) is 3.82. The summed E-state index contributed by atoms with van der Waals surface area (Å²) in [5.41, 5.74) is 6.47. The van der Waals surface area contributed by atoms with Crippen molar-refractivity contribution >= 4 is 11.3 Å². The Morgan fingerprint density at radius 2 is 2.47 bits per heavy atom. The Labute approximate surface area is 106 Å². The number of hydrogen-bond donors (Lipinski definition) is 2. The molecule has 3 N–H and O–H groups in total. The fraction of sp³-hybridized carbons (Fsp3) is 0.538. The molecule has 1 atom stereocenters. The lowest BCUT2D eigenvalue weighted by atomic mass is 10.1. The van der Waals surface area contributed by atoms with Crippen LogP contribution in [0.3, 0.4) is 0 Å². The van der Waals surface area contributed by atoms with Gasteiger partial charge in [0, 0.05) is 23.5 Å².